The summed E-state index contributed by atoms with van der Waals surface area (Å²) in [6.45, 7) is 14.9. The number of anilines is 1. The molecule has 1 amide bonds. The molecule has 5 rings (SSSR count). The third kappa shape index (κ3) is 37.1. The lowest BCUT2D eigenvalue weighted by atomic mass is 10.1. The molecule has 0 bridgehead atoms. The Morgan fingerprint density at radius 3 is 0.782 bits per heavy atom. The zero-order valence-electron chi connectivity index (χ0n) is 63.3. The quantitative estimate of drug-likeness (QED) is 0.0164. The Morgan fingerprint density at radius 1 is 0.336 bits per heavy atom. The molecule has 4 aromatic heterocycles. The summed E-state index contributed by atoms with van der Waals surface area (Å²) in [5.74, 6) is -0.308. The summed E-state index contributed by atoms with van der Waals surface area (Å²) in [5, 5.41) is 1.83. The number of hydrogen-bond acceptors (Lipinski definition) is 27. The molecule has 1 N–H and O–H groups in total. The van der Waals surface area contributed by atoms with Crippen LogP contribution in [-0.2, 0) is 133 Å². The zero-order chi connectivity index (χ0) is 80.5. The van der Waals surface area contributed by atoms with Crippen LogP contribution in [-0.4, -0.2) is 227 Å². The molecule has 600 valence electrons. The molecule has 0 radical (unpaired) electrons. The standard InChI is InChI=1S/C76H97Br3F3N11O17/c1-9-103-67(94)45-90(46-68(95)104-10-2)41-60-30-54(22-21-53-23-25-58(26-24-53)87-75(102)76(80,81)82)29-59(83-60)37-88(38-61-31-55(77)34-64(84-61)42-91(47-69(96)105-11-3)48-70(97)106-12-4)27-19-17-18-20-28-89(39-62-32-56(78)35-65(85-62)43-92(49-71(98)107-13-5)50-72(99)108-14-6)40-63-33-57(79)36-66(86-63)44-93(51-73(100)109-15-7)52-74(101)110-16-8/h23-26,29-36H,9-20,27-28,37-52H2,1-8H3,(H,87,102). The van der Waals surface area contributed by atoms with Crippen LogP contribution in [0.25, 0.3) is 0 Å². The number of nitrogens with zero attached hydrogens (tertiary/aromatic N) is 10. The Balaban J connectivity index is 1.56. The monoisotopic (exact) mass is 1730 g/mol. The minimum absolute atomic E-state index is 0.0489. The van der Waals surface area contributed by atoms with E-state index in [1.54, 1.807) is 88.3 Å². The highest BCUT2D eigenvalue weighted by Gasteiger charge is 2.38. The van der Waals surface area contributed by atoms with Crippen LogP contribution in [0.5, 0.6) is 0 Å². The lowest BCUT2D eigenvalue weighted by molar-refractivity contribution is -0.167. The maximum Gasteiger partial charge on any atom is 0.471 e. The number of unbranched alkanes of at least 4 members (excludes halogenated alkanes) is 3. The van der Waals surface area contributed by atoms with Crippen LogP contribution >= 0.6 is 47.8 Å². The number of amides is 1. The molecular weight excluding hydrogens is 1640 g/mol. The molecule has 1 aromatic carbocycles. The second-order valence-corrected chi connectivity index (χ2v) is 27.5. The summed E-state index contributed by atoms with van der Waals surface area (Å²) < 4.78 is 83.4. The van der Waals surface area contributed by atoms with Gasteiger partial charge in [0.05, 0.1) is 151 Å². The number of carbonyl (C=O) groups is 9. The number of aromatic nitrogens is 4. The van der Waals surface area contributed by atoms with Gasteiger partial charge >= 0.3 is 59.8 Å². The van der Waals surface area contributed by atoms with Gasteiger partial charge in [-0.1, -0.05) is 72.5 Å². The van der Waals surface area contributed by atoms with Gasteiger partial charge in [-0.3, -0.25) is 92.5 Å². The number of benzene rings is 1. The van der Waals surface area contributed by atoms with Gasteiger partial charge in [0.15, 0.2) is 0 Å². The molecule has 0 aliphatic rings. The molecule has 0 saturated heterocycles. The number of pyridine rings is 4. The van der Waals surface area contributed by atoms with E-state index < -0.39 is 59.8 Å². The van der Waals surface area contributed by atoms with Crippen molar-refractivity contribution in [3.05, 3.63) is 143 Å². The zero-order valence-corrected chi connectivity index (χ0v) is 68.1. The Bertz CT molecular complexity index is 3730. The third-order valence-electron chi connectivity index (χ3n) is 15.4. The first-order chi connectivity index (χ1) is 52.6. The number of rotatable bonds is 48. The van der Waals surface area contributed by atoms with Gasteiger partial charge in [-0.25, -0.2) is 0 Å². The summed E-state index contributed by atoms with van der Waals surface area (Å²) in [6, 6.07) is 20.0. The highest BCUT2D eigenvalue weighted by molar-refractivity contribution is 9.11. The highest BCUT2D eigenvalue weighted by Crippen LogP contribution is 2.24. The largest absolute Gasteiger partial charge is 0.471 e. The van der Waals surface area contributed by atoms with Crippen LogP contribution in [0.4, 0.5) is 18.9 Å². The van der Waals surface area contributed by atoms with Gasteiger partial charge in [-0.2, -0.15) is 13.2 Å². The van der Waals surface area contributed by atoms with Crippen LogP contribution in [0.3, 0.4) is 0 Å². The molecule has 0 spiro atoms. The van der Waals surface area contributed by atoms with Gasteiger partial charge in [0, 0.05) is 82.6 Å². The molecule has 0 aliphatic heterocycles. The van der Waals surface area contributed by atoms with Crippen molar-refractivity contribution in [3.8, 4) is 11.8 Å². The average molecular weight is 1730 g/mol. The fourth-order valence-corrected chi connectivity index (χ4v) is 12.8. The Kier molecular flexibility index (Phi) is 41.7. The summed E-state index contributed by atoms with van der Waals surface area (Å²) in [6.07, 6.45) is -2.35. The van der Waals surface area contributed by atoms with Crippen molar-refractivity contribution in [3.63, 3.8) is 0 Å². The number of ether oxygens (including phenoxy) is 8. The van der Waals surface area contributed by atoms with Crippen molar-refractivity contribution in [1.82, 2.24) is 49.3 Å². The minimum atomic E-state index is -5.11. The third-order valence-corrected chi connectivity index (χ3v) is 16.8. The second-order valence-electron chi connectivity index (χ2n) is 24.8. The minimum Gasteiger partial charge on any atom is -0.465 e. The van der Waals surface area contributed by atoms with E-state index in [0.29, 0.717) is 116 Å². The number of halogens is 6. The van der Waals surface area contributed by atoms with Crippen molar-refractivity contribution in [2.45, 2.75) is 140 Å². The molecular formula is C76H97Br3F3N11O17. The highest BCUT2D eigenvalue weighted by atomic mass is 79.9. The number of nitrogens with one attached hydrogen (secondary N) is 1. The van der Waals surface area contributed by atoms with E-state index in [0.717, 1.165) is 6.42 Å². The van der Waals surface area contributed by atoms with Gasteiger partial charge < -0.3 is 43.2 Å². The van der Waals surface area contributed by atoms with Crippen molar-refractivity contribution in [1.29, 1.82) is 0 Å². The molecule has 110 heavy (non-hydrogen) atoms. The summed E-state index contributed by atoms with van der Waals surface area (Å²) >= 11 is 11.0. The Morgan fingerprint density at radius 2 is 0.555 bits per heavy atom. The Labute approximate surface area is 664 Å². The van der Waals surface area contributed by atoms with Crippen LogP contribution in [0, 0.1) is 11.8 Å². The predicted molar refractivity (Wildman–Crippen MR) is 408 cm³/mol. The van der Waals surface area contributed by atoms with E-state index in [1.807, 2.05) is 35.6 Å². The van der Waals surface area contributed by atoms with Gasteiger partial charge in [0.25, 0.3) is 0 Å². The molecule has 0 aliphatic carbocycles. The topological polar surface area (TPSA) is 310 Å². The van der Waals surface area contributed by atoms with Gasteiger partial charge in [-0.05, 0) is 154 Å². The van der Waals surface area contributed by atoms with Gasteiger partial charge in [0.2, 0.25) is 0 Å². The van der Waals surface area contributed by atoms with E-state index >= 15 is 0 Å². The summed E-state index contributed by atoms with van der Waals surface area (Å²) in [5.41, 5.74) is 5.19. The SMILES string of the molecule is CCOC(=O)CN(CC(=O)OCC)Cc1cc(Br)cc(CN(CCCCCCN(Cc2cc(Br)cc(CN(CC(=O)OCC)CC(=O)OCC)n2)Cc2cc(C#Cc3ccc(NC(=O)C(F)(F)F)cc3)cc(CN(CC(=O)OCC)CC(=O)OCC)n2)Cc2cc(Br)cc(CN(CC(=O)OCC)CC(=O)OCC)n2)n1. The second kappa shape index (κ2) is 49.8. The van der Waals surface area contributed by atoms with Crippen molar-refractivity contribution in [2.75, 3.05) is 124 Å². The maximum absolute atomic E-state index is 13.1. The predicted octanol–water partition coefficient (Wildman–Crippen LogP) is 9.43. The molecule has 0 saturated carbocycles. The van der Waals surface area contributed by atoms with Crippen LogP contribution in [0.2, 0.25) is 0 Å². The smallest absolute Gasteiger partial charge is 0.465 e. The molecule has 34 heteroatoms. The van der Waals surface area contributed by atoms with E-state index in [-0.39, 0.29) is 150 Å². The molecule has 0 fully saturated rings. The van der Waals surface area contributed by atoms with Crippen molar-refractivity contribution < 1.29 is 94.2 Å². The first-order valence-electron chi connectivity index (χ1n) is 36.1. The summed E-state index contributed by atoms with van der Waals surface area (Å²) in [7, 11) is 0. The fraction of sp³-hybridized carbons (Fsp3) is 0.513. The number of carbonyl (C=O) groups excluding carboxylic acids is 9. The molecule has 0 atom stereocenters. The molecule has 4 heterocycles. The van der Waals surface area contributed by atoms with Crippen LogP contribution in [0.15, 0.2) is 86.2 Å². The number of hydrogen-bond donors (Lipinski definition) is 1. The van der Waals surface area contributed by atoms with E-state index in [4.69, 9.17) is 57.8 Å². The van der Waals surface area contributed by atoms with E-state index in [1.165, 1.54) is 29.2 Å². The lowest BCUT2D eigenvalue weighted by Crippen LogP contribution is -2.36. The average Bonchev–Trinajstić information content (AvgIpc) is 0.886. The van der Waals surface area contributed by atoms with Crippen LogP contribution < -0.4 is 5.32 Å². The van der Waals surface area contributed by atoms with Crippen molar-refractivity contribution in [2.24, 2.45) is 0 Å². The van der Waals surface area contributed by atoms with Crippen LogP contribution in [0.1, 0.15) is 138 Å². The molecule has 5 aromatic rings. The van der Waals surface area contributed by atoms with E-state index in [2.05, 4.69) is 69.4 Å². The first kappa shape index (κ1) is 92.2. The van der Waals surface area contributed by atoms with Gasteiger partial charge in [-0.15, -0.1) is 0 Å². The van der Waals surface area contributed by atoms with Crippen molar-refractivity contribution >= 4 is 107 Å². The maximum atomic E-state index is 13.1. The molecule has 28 nitrogen and oxygen atoms in total. The fourth-order valence-electron chi connectivity index (χ4n) is 11.2. The summed E-state index contributed by atoms with van der Waals surface area (Å²) in [4.78, 5) is 146. The van der Waals surface area contributed by atoms with Gasteiger partial charge in [0.1, 0.15) is 0 Å². The molecule has 0 unspecified atom stereocenters. The number of alkyl halides is 3. The first-order valence-corrected chi connectivity index (χ1v) is 38.5. The number of esters is 8. The Hall–Kier alpha value is -8.40. The lowest BCUT2D eigenvalue weighted by Gasteiger charge is -2.25. The normalized spacial score (nSPS) is 11.4. The van der Waals surface area contributed by atoms with E-state index in [9.17, 15) is 56.3 Å².